The second-order valence-electron chi connectivity index (χ2n) is 6.21. The van der Waals surface area contributed by atoms with Gasteiger partial charge in [-0.15, -0.1) is 0 Å². The summed E-state index contributed by atoms with van der Waals surface area (Å²) in [5.74, 6) is 0.233. The molecule has 1 aliphatic heterocycles. The van der Waals surface area contributed by atoms with Crippen LogP contribution >= 0.6 is 0 Å². The third-order valence-electron chi connectivity index (χ3n) is 4.07. The summed E-state index contributed by atoms with van der Waals surface area (Å²) in [5.41, 5.74) is 2.02. The first-order valence-corrected chi connectivity index (χ1v) is 7.74. The number of ketones is 1. The van der Waals surface area contributed by atoms with Gasteiger partial charge in [-0.05, 0) is 21.0 Å². The highest BCUT2D eigenvalue weighted by Crippen LogP contribution is 2.07. The van der Waals surface area contributed by atoms with Gasteiger partial charge >= 0.3 is 0 Å². The van der Waals surface area contributed by atoms with Crippen molar-refractivity contribution in [3.05, 3.63) is 35.4 Å². The Hall–Kier alpha value is -1.23. The number of benzene rings is 1. The van der Waals surface area contributed by atoms with E-state index in [9.17, 15) is 4.79 Å². The average Bonchev–Trinajstić information content (AvgIpc) is 2.47. The standard InChI is InChI=1S/C17H27N3O/c1-15-4-6-16(7-5-15)17(21)14-20-12-10-19(11-13-20)9-8-18(2)3/h4-7H,8-14H2,1-3H3. The van der Waals surface area contributed by atoms with Crippen molar-refractivity contribution in [1.29, 1.82) is 0 Å². The minimum atomic E-state index is 0.233. The van der Waals surface area contributed by atoms with Crippen molar-refractivity contribution >= 4 is 5.78 Å². The molecule has 0 unspecified atom stereocenters. The molecule has 0 atom stereocenters. The van der Waals surface area contributed by atoms with Crippen LogP contribution in [-0.2, 0) is 0 Å². The van der Waals surface area contributed by atoms with E-state index in [-0.39, 0.29) is 5.78 Å². The predicted molar refractivity (Wildman–Crippen MR) is 86.9 cm³/mol. The third-order valence-corrected chi connectivity index (χ3v) is 4.07. The van der Waals surface area contributed by atoms with Crippen LogP contribution < -0.4 is 0 Å². The lowest BCUT2D eigenvalue weighted by Crippen LogP contribution is -2.49. The molecule has 0 aromatic heterocycles. The Morgan fingerprint density at radius 1 is 1.05 bits per heavy atom. The average molecular weight is 289 g/mol. The normalized spacial score (nSPS) is 17.3. The lowest BCUT2D eigenvalue weighted by molar-refractivity contribution is 0.0844. The zero-order valence-electron chi connectivity index (χ0n) is 13.5. The summed E-state index contributed by atoms with van der Waals surface area (Å²) >= 11 is 0. The molecule has 0 saturated carbocycles. The van der Waals surface area contributed by atoms with Gasteiger partial charge in [0, 0.05) is 44.8 Å². The summed E-state index contributed by atoms with van der Waals surface area (Å²) in [6, 6.07) is 7.88. The second kappa shape index (κ2) is 7.69. The zero-order valence-corrected chi connectivity index (χ0v) is 13.5. The molecular formula is C17H27N3O. The van der Waals surface area contributed by atoms with Gasteiger partial charge in [0.15, 0.2) is 5.78 Å². The molecule has 1 fully saturated rings. The van der Waals surface area contributed by atoms with Gasteiger partial charge in [0.05, 0.1) is 6.54 Å². The fourth-order valence-corrected chi connectivity index (χ4v) is 2.55. The first-order valence-electron chi connectivity index (χ1n) is 7.74. The molecule has 0 bridgehead atoms. The maximum atomic E-state index is 12.3. The minimum Gasteiger partial charge on any atom is -0.308 e. The molecule has 0 amide bonds. The minimum absolute atomic E-state index is 0.233. The number of rotatable bonds is 6. The molecule has 1 heterocycles. The summed E-state index contributed by atoms with van der Waals surface area (Å²) in [4.78, 5) is 19.2. The largest absolute Gasteiger partial charge is 0.308 e. The van der Waals surface area contributed by atoms with Gasteiger partial charge < -0.3 is 4.90 Å². The first-order chi connectivity index (χ1) is 10.0. The van der Waals surface area contributed by atoms with E-state index in [0.717, 1.165) is 44.8 Å². The van der Waals surface area contributed by atoms with Gasteiger partial charge in [0.1, 0.15) is 0 Å². The van der Waals surface area contributed by atoms with Crippen LogP contribution in [0, 0.1) is 6.92 Å². The molecule has 1 aromatic rings. The molecule has 0 spiro atoms. The van der Waals surface area contributed by atoms with E-state index >= 15 is 0 Å². The lowest BCUT2D eigenvalue weighted by atomic mass is 10.1. The van der Waals surface area contributed by atoms with E-state index in [1.54, 1.807) is 0 Å². The van der Waals surface area contributed by atoms with Crippen molar-refractivity contribution in [1.82, 2.24) is 14.7 Å². The molecule has 116 valence electrons. The molecule has 1 saturated heterocycles. The molecule has 1 aliphatic rings. The van der Waals surface area contributed by atoms with Crippen LogP contribution in [0.3, 0.4) is 0 Å². The van der Waals surface area contributed by atoms with Gasteiger partial charge in [-0.3, -0.25) is 14.6 Å². The fourth-order valence-electron chi connectivity index (χ4n) is 2.55. The summed E-state index contributed by atoms with van der Waals surface area (Å²) in [7, 11) is 4.22. The second-order valence-corrected chi connectivity index (χ2v) is 6.21. The van der Waals surface area contributed by atoms with Crippen molar-refractivity contribution in [3.8, 4) is 0 Å². The molecule has 2 rings (SSSR count). The van der Waals surface area contributed by atoms with Crippen LogP contribution in [0.25, 0.3) is 0 Å². The third kappa shape index (κ3) is 5.23. The topological polar surface area (TPSA) is 26.8 Å². The van der Waals surface area contributed by atoms with E-state index < -0.39 is 0 Å². The molecule has 0 N–H and O–H groups in total. The van der Waals surface area contributed by atoms with Gasteiger partial charge in [-0.2, -0.15) is 0 Å². The van der Waals surface area contributed by atoms with Crippen molar-refractivity contribution in [2.24, 2.45) is 0 Å². The Bertz CT molecular complexity index is 448. The highest BCUT2D eigenvalue weighted by molar-refractivity contribution is 5.97. The maximum absolute atomic E-state index is 12.3. The molecule has 0 aliphatic carbocycles. The summed E-state index contributed by atoms with van der Waals surface area (Å²) in [6.07, 6.45) is 0. The summed E-state index contributed by atoms with van der Waals surface area (Å²) in [6.45, 7) is 8.92. The predicted octanol–water partition coefficient (Wildman–Crippen LogP) is 1.36. The molecule has 4 nitrogen and oxygen atoms in total. The van der Waals surface area contributed by atoms with Gasteiger partial charge in [-0.1, -0.05) is 29.8 Å². The van der Waals surface area contributed by atoms with E-state index in [2.05, 4.69) is 28.8 Å². The Morgan fingerprint density at radius 2 is 1.62 bits per heavy atom. The van der Waals surface area contributed by atoms with Gasteiger partial charge in [0.25, 0.3) is 0 Å². The number of nitrogens with zero attached hydrogens (tertiary/aromatic N) is 3. The van der Waals surface area contributed by atoms with Crippen molar-refractivity contribution in [2.45, 2.75) is 6.92 Å². The van der Waals surface area contributed by atoms with Crippen LogP contribution in [0.15, 0.2) is 24.3 Å². The van der Waals surface area contributed by atoms with E-state index in [1.165, 1.54) is 5.56 Å². The SMILES string of the molecule is Cc1ccc(C(=O)CN2CCN(CCN(C)C)CC2)cc1. The number of carbonyl (C=O) groups excluding carboxylic acids is 1. The molecule has 21 heavy (non-hydrogen) atoms. The van der Waals surface area contributed by atoms with Gasteiger partial charge in [-0.25, -0.2) is 0 Å². The van der Waals surface area contributed by atoms with Gasteiger partial charge in [0.2, 0.25) is 0 Å². The Morgan fingerprint density at radius 3 is 2.19 bits per heavy atom. The highest BCUT2D eigenvalue weighted by Gasteiger charge is 2.19. The van der Waals surface area contributed by atoms with Crippen LogP contribution in [-0.4, -0.2) is 80.4 Å². The zero-order chi connectivity index (χ0) is 15.2. The Kier molecular flexibility index (Phi) is 5.91. The Balaban J connectivity index is 1.75. The number of hydrogen-bond acceptors (Lipinski definition) is 4. The van der Waals surface area contributed by atoms with Crippen molar-refractivity contribution < 1.29 is 4.79 Å². The monoisotopic (exact) mass is 289 g/mol. The summed E-state index contributed by atoms with van der Waals surface area (Å²) in [5, 5.41) is 0. The number of likely N-dealkylation sites (N-methyl/N-ethyl adjacent to an activating group) is 1. The first kappa shape index (κ1) is 16.1. The molecular weight excluding hydrogens is 262 g/mol. The molecule has 4 heteroatoms. The van der Waals surface area contributed by atoms with Crippen molar-refractivity contribution in [2.75, 3.05) is 59.9 Å². The molecule has 1 aromatic carbocycles. The lowest BCUT2D eigenvalue weighted by Gasteiger charge is -2.34. The van der Waals surface area contributed by atoms with E-state index in [4.69, 9.17) is 0 Å². The number of carbonyl (C=O) groups is 1. The highest BCUT2D eigenvalue weighted by atomic mass is 16.1. The smallest absolute Gasteiger partial charge is 0.176 e. The quantitative estimate of drug-likeness (QED) is 0.739. The van der Waals surface area contributed by atoms with Crippen LogP contribution in [0.2, 0.25) is 0 Å². The fraction of sp³-hybridized carbons (Fsp3) is 0.588. The van der Waals surface area contributed by atoms with Crippen LogP contribution in [0.1, 0.15) is 15.9 Å². The summed E-state index contributed by atoms with van der Waals surface area (Å²) < 4.78 is 0. The van der Waals surface area contributed by atoms with Crippen molar-refractivity contribution in [3.63, 3.8) is 0 Å². The number of Topliss-reactive ketones (excluding diaryl/α,β-unsaturated/α-hetero) is 1. The van der Waals surface area contributed by atoms with Crippen LogP contribution in [0.4, 0.5) is 0 Å². The van der Waals surface area contributed by atoms with Crippen LogP contribution in [0.5, 0.6) is 0 Å². The number of piperazine rings is 1. The number of aryl methyl sites for hydroxylation is 1. The van der Waals surface area contributed by atoms with E-state index in [1.807, 2.05) is 31.2 Å². The maximum Gasteiger partial charge on any atom is 0.176 e. The molecule has 0 radical (unpaired) electrons. The number of hydrogen-bond donors (Lipinski definition) is 0. The Labute approximate surface area is 128 Å². The van der Waals surface area contributed by atoms with E-state index in [0.29, 0.717) is 6.54 Å².